The summed E-state index contributed by atoms with van der Waals surface area (Å²) >= 11 is 0. The number of aryl methyl sites for hydroxylation is 3. The summed E-state index contributed by atoms with van der Waals surface area (Å²) in [7, 11) is 0. The lowest BCUT2D eigenvalue weighted by molar-refractivity contribution is 1.06. The van der Waals surface area contributed by atoms with Gasteiger partial charge in [0.2, 0.25) is 0 Å². The normalized spacial score (nSPS) is 10.4. The highest BCUT2D eigenvalue weighted by atomic mass is 14.9. The molecule has 0 spiro atoms. The molecule has 0 unspecified atom stereocenters. The predicted molar refractivity (Wildman–Crippen MR) is 63.9 cm³/mol. The van der Waals surface area contributed by atoms with Crippen LogP contribution in [-0.2, 0) is 0 Å². The Kier molecular flexibility index (Phi) is 2.56. The number of hydrogen-bond acceptors (Lipinski definition) is 4. The quantitative estimate of drug-likeness (QED) is 0.789. The van der Waals surface area contributed by atoms with Crippen LogP contribution in [0.4, 0.5) is 5.82 Å². The highest BCUT2D eigenvalue weighted by molar-refractivity contribution is 5.71. The third-order valence-corrected chi connectivity index (χ3v) is 2.63. The summed E-state index contributed by atoms with van der Waals surface area (Å²) in [6, 6.07) is 1.94. The summed E-state index contributed by atoms with van der Waals surface area (Å²) in [6.07, 6.45) is 3.52. The minimum absolute atomic E-state index is 0.458. The first-order valence-electron chi connectivity index (χ1n) is 5.11. The van der Waals surface area contributed by atoms with Gasteiger partial charge >= 0.3 is 0 Å². The predicted octanol–water partition coefficient (Wildman–Crippen LogP) is 2.05. The molecule has 2 aromatic heterocycles. The fourth-order valence-electron chi connectivity index (χ4n) is 1.53. The van der Waals surface area contributed by atoms with Gasteiger partial charge in [-0.25, -0.2) is 9.97 Å². The molecule has 0 saturated carbocycles. The first kappa shape index (κ1) is 10.5. The molecule has 82 valence electrons. The van der Waals surface area contributed by atoms with E-state index in [1.807, 2.05) is 26.8 Å². The summed E-state index contributed by atoms with van der Waals surface area (Å²) in [5.41, 5.74) is 10.4. The monoisotopic (exact) mass is 214 g/mol. The lowest BCUT2D eigenvalue weighted by Gasteiger charge is -2.09. The molecule has 4 nitrogen and oxygen atoms in total. The Balaban J connectivity index is 2.65. The zero-order chi connectivity index (χ0) is 11.7. The summed E-state index contributed by atoms with van der Waals surface area (Å²) in [5, 5.41) is 0. The van der Waals surface area contributed by atoms with Crippen LogP contribution >= 0.6 is 0 Å². The number of pyridine rings is 1. The summed E-state index contributed by atoms with van der Waals surface area (Å²) in [6.45, 7) is 5.84. The molecule has 16 heavy (non-hydrogen) atoms. The molecule has 0 radical (unpaired) electrons. The van der Waals surface area contributed by atoms with Crippen molar-refractivity contribution >= 4 is 5.82 Å². The van der Waals surface area contributed by atoms with Crippen molar-refractivity contribution in [3.8, 4) is 11.3 Å². The number of hydrogen-bond donors (Lipinski definition) is 1. The van der Waals surface area contributed by atoms with E-state index in [1.54, 1.807) is 12.4 Å². The van der Waals surface area contributed by atoms with Gasteiger partial charge in [-0.3, -0.25) is 4.98 Å². The number of nitrogens with two attached hydrogens (primary N) is 1. The van der Waals surface area contributed by atoms with Crippen LogP contribution in [-0.4, -0.2) is 15.0 Å². The van der Waals surface area contributed by atoms with Crippen LogP contribution in [0.1, 0.15) is 17.0 Å². The van der Waals surface area contributed by atoms with Crippen LogP contribution in [0, 0.1) is 20.8 Å². The lowest BCUT2D eigenvalue weighted by Crippen LogP contribution is -2.03. The Hall–Kier alpha value is -1.97. The molecule has 0 fully saturated rings. The largest absolute Gasteiger partial charge is 0.382 e. The van der Waals surface area contributed by atoms with Crippen molar-refractivity contribution in [2.75, 3.05) is 5.73 Å². The molecule has 0 aliphatic carbocycles. The SMILES string of the molecule is Cc1ccncc1-c1nc(C)c(C)nc1N. The van der Waals surface area contributed by atoms with Crippen molar-refractivity contribution in [3.63, 3.8) is 0 Å². The molecule has 2 aromatic rings. The van der Waals surface area contributed by atoms with Gasteiger partial charge in [0.25, 0.3) is 0 Å². The lowest BCUT2D eigenvalue weighted by atomic mass is 10.1. The topological polar surface area (TPSA) is 64.7 Å². The number of aromatic nitrogens is 3. The second kappa shape index (κ2) is 3.89. The number of nitrogen functional groups attached to an aromatic ring is 1. The number of nitrogens with zero attached hydrogens (tertiary/aromatic N) is 3. The second-order valence-corrected chi connectivity index (χ2v) is 3.82. The summed E-state index contributed by atoms with van der Waals surface area (Å²) in [5.74, 6) is 0.458. The van der Waals surface area contributed by atoms with Crippen molar-refractivity contribution in [2.45, 2.75) is 20.8 Å². The molecule has 2 N–H and O–H groups in total. The molecule has 2 heterocycles. The standard InChI is InChI=1S/C12H14N4/c1-7-4-5-14-6-10(7)11-12(13)16-9(3)8(2)15-11/h4-6H,1-3H3,(H2,13,16). The van der Waals surface area contributed by atoms with E-state index in [4.69, 9.17) is 5.73 Å². The van der Waals surface area contributed by atoms with Crippen LogP contribution in [0.5, 0.6) is 0 Å². The molecule has 4 heteroatoms. The van der Waals surface area contributed by atoms with Crippen LogP contribution in [0.25, 0.3) is 11.3 Å². The van der Waals surface area contributed by atoms with Gasteiger partial charge in [0, 0.05) is 18.0 Å². The molecular weight excluding hydrogens is 200 g/mol. The Morgan fingerprint density at radius 1 is 1.06 bits per heavy atom. The Labute approximate surface area is 94.6 Å². The molecule has 0 aromatic carbocycles. The average Bonchev–Trinajstić information content (AvgIpc) is 2.25. The van der Waals surface area contributed by atoms with Crippen LogP contribution in [0.3, 0.4) is 0 Å². The van der Waals surface area contributed by atoms with Crippen molar-refractivity contribution < 1.29 is 0 Å². The van der Waals surface area contributed by atoms with E-state index in [-0.39, 0.29) is 0 Å². The zero-order valence-corrected chi connectivity index (χ0v) is 9.65. The molecule has 0 bridgehead atoms. The van der Waals surface area contributed by atoms with Gasteiger partial charge in [-0.1, -0.05) is 0 Å². The summed E-state index contributed by atoms with van der Waals surface area (Å²) in [4.78, 5) is 12.8. The number of anilines is 1. The third-order valence-electron chi connectivity index (χ3n) is 2.63. The van der Waals surface area contributed by atoms with Crippen LogP contribution in [0.2, 0.25) is 0 Å². The van der Waals surface area contributed by atoms with E-state index in [9.17, 15) is 0 Å². The second-order valence-electron chi connectivity index (χ2n) is 3.82. The molecule has 0 aliphatic rings. The van der Waals surface area contributed by atoms with E-state index in [2.05, 4.69) is 15.0 Å². The molecule has 0 saturated heterocycles. The highest BCUT2D eigenvalue weighted by Gasteiger charge is 2.10. The van der Waals surface area contributed by atoms with E-state index >= 15 is 0 Å². The van der Waals surface area contributed by atoms with Crippen molar-refractivity contribution in [1.82, 2.24) is 15.0 Å². The zero-order valence-electron chi connectivity index (χ0n) is 9.65. The van der Waals surface area contributed by atoms with Gasteiger partial charge < -0.3 is 5.73 Å². The summed E-state index contributed by atoms with van der Waals surface area (Å²) < 4.78 is 0. The van der Waals surface area contributed by atoms with Crippen molar-refractivity contribution in [1.29, 1.82) is 0 Å². The third kappa shape index (κ3) is 1.74. The minimum atomic E-state index is 0.458. The van der Waals surface area contributed by atoms with E-state index < -0.39 is 0 Å². The van der Waals surface area contributed by atoms with Crippen LogP contribution in [0.15, 0.2) is 18.5 Å². The molecule has 0 amide bonds. The average molecular weight is 214 g/mol. The molecule has 2 rings (SSSR count). The Bertz CT molecular complexity index is 535. The Morgan fingerprint density at radius 2 is 1.75 bits per heavy atom. The molecule has 0 aliphatic heterocycles. The van der Waals surface area contributed by atoms with Gasteiger partial charge in [-0.15, -0.1) is 0 Å². The highest BCUT2D eigenvalue weighted by Crippen LogP contribution is 2.25. The minimum Gasteiger partial charge on any atom is -0.382 e. The van der Waals surface area contributed by atoms with Crippen LogP contribution < -0.4 is 5.73 Å². The number of rotatable bonds is 1. The smallest absolute Gasteiger partial charge is 0.150 e. The van der Waals surface area contributed by atoms with E-state index in [0.29, 0.717) is 11.5 Å². The van der Waals surface area contributed by atoms with Gasteiger partial charge in [0.05, 0.1) is 11.4 Å². The molecule has 0 atom stereocenters. The van der Waals surface area contributed by atoms with E-state index in [1.165, 1.54) is 0 Å². The molecular formula is C12H14N4. The first-order valence-corrected chi connectivity index (χ1v) is 5.11. The van der Waals surface area contributed by atoms with Crippen molar-refractivity contribution in [2.24, 2.45) is 0 Å². The van der Waals surface area contributed by atoms with Gasteiger partial charge in [-0.2, -0.15) is 0 Å². The van der Waals surface area contributed by atoms with Gasteiger partial charge in [0.1, 0.15) is 11.5 Å². The van der Waals surface area contributed by atoms with Gasteiger partial charge in [0.15, 0.2) is 0 Å². The first-order chi connectivity index (χ1) is 7.59. The fourth-order valence-corrected chi connectivity index (χ4v) is 1.53. The maximum absolute atomic E-state index is 5.89. The Morgan fingerprint density at radius 3 is 2.44 bits per heavy atom. The maximum atomic E-state index is 5.89. The van der Waals surface area contributed by atoms with Crippen molar-refractivity contribution in [3.05, 3.63) is 35.4 Å². The fraction of sp³-hybridized carbons (Fsp3) is 0.250. The van der Waals surface area contributed by atoms with Gasteiger partial charge in [-0.05, 0) is 32.4 Å². The maximum Gasteiger partial charge on any atom is 0.150 e. The van der Waals surface area contributed by atoms with E-state index in [0.717, 1.165) is 22.5 Å².